The van der Waals surface area contributed by atoms with Gasteiger partial charge in [-0.05, 0) is 48.5 Å². The molecule has 0 aliphatic carbocycles. The Morgan fingerprint density at radius 2 is 1.39 bits per heavy atom. The standard InChI is InChI=1S/C9H12.N6O2S/c1-7-5-4-6-8(2)9(7)3;1-3-5-9(7,8)6-4-2/h4-6H,1-3H3;. The highest BCUT2D eigenvalue weighted by Gasteiger charge is 1.99. The third-order valence-electron chi connectivity index (χ3n) is 2.15. The van der Waals surface area contributed by atoms with Crippen LogP contribution in [0.25, 0.3) is 20.9 Å². The quantitative estimate of drug-likeness (QED) is 0.461. The minimum absolute atomic E-state index is 1.38. The maximum atomic E-state index is 9.99. The molecule has 0 N–H and O–H groups in total. The van der Waals surface area contributed by atoms with Crippen molar-refractivity contribution < 1.29 is 8.42 Å². The Hall–Kier alpha value is -2.21. The Kier molecular flexibility index (Phi) is 6.30. The topological polar surface area (TPSA) is 132 Å². The van der Waals surface area contributed by atoms with Gasteiger partial charge in [0.25, 0.3) is 0 Å². The molecular formula is C9H12N6O2S. The van der Waals surface area contributed by atoms with Crippen LogP contribution in [-0.2, 0) is 10.2 Å². The molecule has 8 nitrogen and oxygen atoms in total. The molecule has 0 unspecified atom stereocenters. The summed E-state index contributed by atoms with van der Waals surface area (Å²) in [6, 6.07) is 6.38. The van der Waals surface area contributed by atoms with Gasteiger partial charge in [0, 0.05) is 18.9 Å². The van der Waals surface area contributed by atoms with Crippen molar-refractivity contribution in [1.82, 2.24) is 0 Å². The predicted octanol–water partition coefficient (Wildman–Crippen LogP) is 3.46. The van der Waals surface area contributed by atoms with E-state index in [9.17, 15) is 8.42 Å². The zero-order valence-electron chi connectivity index (χ0n) is 10.1. The van der Waals surface area contributed by atoms with Crippen molar-refractivity contribution in [2.24, 2.45) is 9.04 Å². The zero-order chi connectivity index (χ0) is 14.2. The summed E-state index contributed by atoms with van der Waals surface area (Å²) in [5, 5.41) is 0. The molecule has 1 aromatic carbocycles. The van der Waals surface area contributed by atoms with Gasteiger partial charge < -0.3 is 0 Å². The monoisotopic (exact) mass is 268 g/mol. The van der Waals surface area contributed by atoms with Crippen LogP contribution in [0.3, 0.4) is 0 Å². The van der Waals surface area contributed by atoms with Crippen LogP contribution in [0.1, 0.15) is 16.7 Å². The second kappa shape index (κ2) is 7.18. The van der Waals surface area contributed by atoms with Crippen LogP contribution < -0.4 is 0 Å². The van der Waals surface area contributed by atoms with Gasteiger partial charge in [0.15, 0.2) is 0 Å². The van der Waals surface area contributed by atoms with Gasteiger partial charge in [0.05, 0.1) is 0 Å². The summed E-state index contributed by atoms with van der Waals surface area (Å²) in [6.45, 7) is 6.44. The van der Waals surface area contributed by atoms with E-state index in [2.05, 4.69) is 48.0 Å². The summed E-state index contributed by atoms with van der Waals surface area (Å²) in [5.41, 5.74) is 19.2. The molecule has 96 valence electrons. The van der Waals surface area contributed by atoms with E-state index < -0.39 is 10.2 Å². The zero-order valence-corrected chi connectivity index (χ0v) is 11.0. The molecule has 0 spiro atoms. The first-order valence-corrected chi connectivity index (χ1v) is 6.14. The van der Waals surface area contributed by atoms with Crippen molar-refractivity contribution in [3.63, 3.8) is 0 Å². The average molecular weight is 268 g/mol. The first-order chi connectivity index (χ1) is 8.34. The van der Waals surface area contributed by atoms with Crippen LogP contribution in [0.4, 0.5) is 0 Å². The van der Waals surface area contributed by atoms with Gasteiger partial charge in [-0.2, -0.15) is 0 Å². The van der Waals surface area contributed by atoms with Gasteiger partial charge in [0.1, 0.15) is 0 Å². The Balaban J connectivity index is 0.000000321. The highest BCUT2D eigenvalue weighted by atomic mass is 32.2. The lowest BCUT2D eigenvalue weighted by atomic mass is 10.1. The molecule has 0 bridgehead atoms. The van der Waals surface area contributed by atoms with Crippen LogP contribution >= 0.6 is 0 Å². The first-order valence-electron chi connectivity index (χ1n) is 4.74. The van der Waals surface area contributed by atoms with Crippen molar-refractivity contribution >= 4 is 10.2 Å². The number of hydrogen-bond acceptors (Lipinski definition) is 2. The number of nitrogens with zero attached hydrogens (tertiary/aromatic N) is 6. The molecule has 0 radical (unpaired) electrons. The van der Waals surface area contributed by atoms with Crippen molar-refractivity contribution in [3.05, 3.63) is 55.8 Å². The molecule has 0 saturated heterocycles. The smallest absolute Gasteiger partial charge is 0.213 e. The lowest BCUT2D eigenvalue weighted by molar-refractivity contribution is 0.599. The summed E-state index contributed by atoms with van der Waals surface area (Å²) in [6.07, 6.45) is 0. The normalized spacial score (nSPS) is 9.28. The lowest BCUT2D eigenvalue weighted by Crippen LogP contribution is -1.82. The SMILES string of the molecule is Cc1cccc(C)c1C.[N-]=[N+]=NS(=O)(=O)N=[N+]=[N-]. The Labute approximate surface area is 105 Å². The predicted molar refractivity (Wildman–Crippen MR) is 67.9 cm³/mol. The van der Waals surface area contributed by atoms with E-state index in [4.69, 9.17) is 11.1 Å². The van der Waals surface area contributed by atoms with Gasteiger partial charge in [-0.1, -0.05) is 18.2 Å². The van der Waals surface area contributed by atoms with Gasteiger partial charge in [-0.15, -0.1) is 0 Å². The fourth-order valence-electron chi connectivity index (χ4n) is 1.01. The van der Waals surface area contributed by atoms with Crippen LogP contribution in [0, 0.1) is 20.8 Å². The van der Waals surface area contributed by atoms with Crippen molar-refractivity contribution in [3.8, 4) is 0 Å². The molecule has 0 aliphatic heterocycles. The molecule has 0 fully saturated rings. The summed E-state index contributed by atoms with van der Waals surface area (Å²) in [4.78, 5) is 3.80. The average Bonchev–Trinajstić information content (AvgIpc) is 2.26. The second-order valence-corrected chi connectivity index (χ2v) is 4.53. The number of rotatable bonds is 2. The number of benzene rings is 1. The van der Waals surface area contributed by atoms with Gasteiger partial charge in [0.2, 0.25) is 0 Å². The van der Waals surface area contributed by atoms with Crippen LogP contribution in [0.5, 0.6) is 0 Å². The van der Waals surface area contributed by atoms with E-state index >= 15 is 0 Å². The molecule has 1 rings (SSSR count). The first kappa shape index (κ1) is 15.8. The summed E-state index contributed by atoms with van der Waals surface area (Å²) in [5.74, 6) is 0. The minimum atomic E-state index is -4.27. The lowest BCUT2D eigenvalue weighted by Gasteiger charge is -2.00. The Bertz CT molecular complexity index is 568. The molecule has 0 atom stereocenters. The highest BCUT2D eigenvalue weighted by Crippen LogP contribution is 2.09. The molecule has 0 aliphatic rings. The van der Waals surface area contributed by atoms with Crippen LogP contribution in [-0.4, -0.2) is 8.42 Å². The van der Waals surface area contributed by atoms with Crippen molar-refractivity contribution in [1.29, 1.82) is 0 Å². The molecule has 1 aromatic rings. The molecule has 9 heteroatoms. The summed E-state index contributed by atoms with van der Waals surface area (Å²) >= 11 is 0. The molecular weight excluding hydrogens is 256 g/mol. The molecule has 0 aromatic heterocycles. The Morgan fingerprint density at radius 3 is 1.67 bits per heavy atom. The third-order valence-corrected chi connectivity index (χ3v) is 2.71. The van der Waals surface area contributed by atoms with Crippen molar-refractivity contribution in [2.45, 2.75) is 20.8 Å². The number of hydrogen-bond donors (Lipinski definition) is 0. The maximum Gasteiger partial charge on any atom is 0.321 e. The molecule has 0 saturated carbocycles. The van der Waals surface area contributed by atoms with E-state index in [1.54, 1.807) is 0 Å². The molecule has 18 heavy (non-hydrogen) atoms. The summed E-state index contributed by atoms with van der Waals surface area (Å²) < 4.78 is 24.3. The molecule has 0 heterocycles. The van der Waals surface area contributed by atoms with Gasteiger partial charge in [-0.25, -0.2) is 8.42 Å². The van der Waals surface area contributed by atoms with Gasteiger partial charge in [-0.3, -0.25) is 0 Å². The van der Waals surface area contributed by atoms with E-state index in [-0.39, 0.29) is 0 Å². The van der Waals surface area contributed by atoms with Crippen LogP contribution in [0.2, 0.25) is 0 Å². The second-order valence-electron chi connectivity index (χ2n) is 3.31. The van der Waals surface area contributed by atoms with Crippen LogP contribution in [0.15, 0.2) is 27.2 Å². The number of aryl methyl sites for hydroxylation is 2. The van der Waals surface area contributed by atoms with E-state index in [1.807, 2.05) is 9.82 Å². The minimum Gasteiger partial charge on any atom is -0.213 e. The van der Waals surface area contributed by atoms with E-state index in [0.717, 1.165) is 0 Å². The van der Waals surface area contributed by atoms with E-state index in [1.165, 1.54) is 16.7 Å². The van der Waals surface area contributed by atoms with E-state index in [0.29, 0.717) is 0 Å². The largest absolute Gasteiger partial charge is 0.321 e. The highest BCUT2D eigenvalue weighted by molar-refractivity contribution is 7.88. The third kappa shape index (κ3) is 5.76. The maximum absolute atomic E-state index is 9.99. The van der Waals surface area contributed by atoms with Crippen molar-refractivity contribution in [2.75, 3.05) is 0 Å². The Morgan fingerprint density at radius 1 is 1.00 bits per heavy atom. The molecule has 0 amide bonds. The number of azide groups is 1. The fourth-order valence-corrected chi connectivity index (χ4v) is 1.22. The van der Waals surface area contributed by atoms with Gasteiger partial charge >= 0.3 is 10.2 Å². The summed E-state index contributed by atoms with van der Waals surface area (Å²) in [7, 11) is -4.27. The fraction of sp³-hybridized carbons (Fsp3) is 0.333.